The molecule has 2 amide bonds. The number of hydrogen-bond donors (Lipinski definition) is 1. The van der Waals surface area contributed by atoms with E-state index in [1.807, 2.05) is 4.90 Å². The topological polar surface area (TPSA) is 75.4 Å². The van der Waals surface area contributed by atoms with Crippen LogP contribution in [-0.4, -0.2) is 33.8 Å². The first-order chi connectivity index (χ1) is 13.8. The first-order valence-corrected chi connectivity index (χ1v) is 11.4. The van der Waals surface area contributed by atoms with Gasteiger partial charge in [-0.3, -0.25) is 9.59 Å². The maximum atomic E-state index is 13.0. The van der Waals surface area contributed by atoms with Gasteiger partial charge in [-0.1, -0.05) is 59.3 Å². The summed E-state index contributed by atoms with van der Waals surface area (Å²) in [5, 5.41) is 3.08. The van der Waals surface area contributed by atoms with Crippen LogP contribution in [0.1, 0.15) is 108 Å². The molecule has 0 atom stereocenters. The highest BCUT2D eigenvalue weighted by atomic mass is 16.3. The Bertz CT molecular complexity index is 680. The highest BCUT2D eigenvalue weighted by molar-refractivity contribution is 5.92. The van der Waals surface area contributed by atoms with Crippen molar-refractivity contribution in [2.24, 2.45) is 5.41 Å². The molecule has 0 saturated heterocycles. The summed E-state index contributed by atoms with van der Waals surface area (Å²) in [5.74, 6) is 0.430. The molecule has 2 aliphatic rings. The van der Waals surface area contributed by atoms with Crippen molar-refractivity contribution >= 4 is 11.8 Å². The number of nitrogens with zero attached hydrogens (tertiary/aromatic N) is 2. The second kappa shape index (κ2) is 9.77. The fourth-order valence-corrected chi connectivity index (χ4v) is 4.51. The number of amides is 2. The summed E-state index contributed by atoms with van der Waals surface area (Å²) >= 11 is 0. The van der Waals surface area contributed by atoms with E-state index in [4.69, 9.17) is 4.42 Å². The monoisotopic (exact) mass is 403 g/mol. The van der Waals surface area contributed by atoms with E-state index in [-0.39, 0.29) is 29.3 Å². The van der Waals surface area contributed by atoms with Crippen LogP contribution in [0.4, 0.5) is 0 Å². The number of nitrogens with one attached hydrogen (secondary N) is 1. The van der Waals surface area contributed by atoms with E-state index in [1.165, 1.54) is 31.9 Å². The maximum absolute atomic E-state index is 13.0. The lowest BCUT2D eigenvalue weighted by molar-refractivity contribution is -0.137. The summed E-state index contributed by atoms with van der Waals surface area (Å²) in [4.78, 5) is 31.9. The van der Waals surface area contributed by atoms with Crippen molar-refractivity contribution < 1.29 is 14.0 Å². The van der Waals surface area contributed by atoms with Crippen LogP contribution >= 0.6 is 0 Å². The Kier molecular flexibility index (Phi) is 7.36. The number of aromatic nitrogens is 1. The Morgan fingerprint density at radius 1 is 1.07 bits per heavy atom. The zero-order chi connectivity index (χ0) is 20.9. The number of carbonyl (C=O) groups is 2. The molecule has 0 aromatic carbocycles. The van der Waals surface area contributed by atoms with Crippen LogP contribution in [0.25, 0.3) is 0 Å². The largest absolute Gasteiger partial charge is 0.446 e. The summed E-state index contributed by atoms with van der Waals surface area (Å²) in [7, 11) is 0. The predicted octanol–water partition coefficient (Wildman–Crippen LogP) is 4.83. The molecule has 0 radical (unpaired) electrons. The highest BCUT2D eigenvalue weighted by Gasteiger charge is 2.30. The van der Waals surface area contributed by atoms with Crippen LogP contribution in [0.5, 0.6) is 0 Å². The van der Waals surface area contributed by atoms with Gasteiger partial charge in [-0.2, -0.15) is 0 Å². The molecule has 0 spiro atoms. The third kappa shape index (κ3) is 6.58. The molecular formula is C23H37N3O3. The minimum Gasteiger partial charge on any atom is -0.446 e. The van der Waals surface area contributed by atoms with Crippen molar-refractivity contribution in [1.29, 1.82) is 0 Å². The van der Waals surface area contributed by atoms with E-state index in [0.29, 0.717) is 24.6 Å². The summed E-state index contributed by atoms with van der Waals surface area (Å²) < 4.78 is 5.61. The Morgan fingerprint density at radius 2 is 1.69 bits per heavy atom. The van der Waals surface area contributed by atoms with E-state index in [9.17, 15) is 9.59 Å². The van der Waals surface area contributed by atoms with Crippen molar-refractivity contribution in [2.45, 2.75) is 110 Å². The molecule has 1 heterocycles. The third-order valence-corrected chi connectivity index (χ3v) is 6.05. The molecule has 2 aliphatic carbocycles. The van der Waals surface area contributed by atoms with Gasteiger partial charge in [0.1, 0.15) is 6.26 Å². The summed E-state index contributed by atoms with van der Waals surface area (Å²) in [5.41, 5.74) is 0.253. The van der Waals surface area contributed by atoms with E-state index < -0.39 is 0 Å². The minimum absolute atomic E-state index is 0.0639. The number of hydrogen-bond acceptors (Lipinski definition) is 4. The van der Waals surface area contributed by atoms with Crippen LogP contribution in [0.3, 0.4) is 0 Å². The summed E-state index contributed by atoms with van der Waals surface area (Å²) in [6.07, 6.45) is 13.2. The summed E-state index contributed by atoms with van der Waals surface area (Å²) in [6.45, 7) is 6.60. The van der Waals surface area contributed by atoms with Crippen LogP contribution in [0.2, 0.25) is 0 Å². The zero-order valence-corrected chi connectivity index (χ0v) is 18.3. The zero-order valence-electron chi connectivity index (χ0n) is 18.3. The second-order valence-corrected chi connectivity index (χ2v) is 9.99. The lowest BCUT2D eigenvalue weighted by Gasteiger charge is -2.35. The van der Waals surface area contributed by atoms with Gasteiger partial charge in [-0.15, -0.1) is 0 Å². The number of oxazole rings is 1. The van der Waals surface area contributed by atoms with Crippen molar-refractivity contribution in [3.05, 3.63) is 17.8 Å². The Balaban J connectivity index is 1.65. The molecule has 3 rings (SSSR count). The van der Waals surface area contributed by atoms with Gasteiger partial charge in [0.15, 0.2) is 5.69 Å². The van der Waals surface area contributed by atoms with E-state index >= 15 is 0 Å². The molecule has 1 aromatic rings. The van der Waals surface area contributed by atoms with Gasteiger partial charge in [0.05, 0.1) is 6.54 Å². The smallest absolute Gasteiger partial charge is 0.273 e. The average molecular weight is 404 g/mol. The molecule has 0 aliphatic heterocycles. The van der Waals surface area contributed by atoms with Crippen LogP contribution < -0.4 is 5.32 Å². The average Bonchev–Trinajstić information content (AvgIpc) is 3.15. The standard InChI is InChI=1S/C23H37N3O3/c1-23(2,3)14-21(27)26(18-12-8-5-9-13-18)15-20-25-19(16-29-20)22(28)24-17-10-6-4-7-11-17/h16-18H,4-15H2,1-3H3,(H,24,28). The second-order valence-electron chi connectivity index (χ2n) is 9.99. The molecule has 29 heavy (non-hydrogen) atoms. The maximum Gasteiger partial charge on any atom is 0.273 e. The molecule has 1 aromatic heterocycles. The molecule has 6 heteroatoms. The molecule has 2 saturated carbocycles. The van der Waals surface area contributed by atoms with E-state index in [2.05, 4.69) is 31.1 Å². The van der Waals surface area contributed by atoms with Gasteiger partial charge in [-0.05, 0) is 31.1 Å². The highest BCUT2D eigenvalue weighted by Crippen LogP contribution is 2.28. The fourth-order valence-electron chi connectivity index (χ4n) is 4.51. The molecule has 0 bridgehead atoms. The normalized spacial score (nSPS) is 19.1. The van der Waals surface area contributed by atoms with Crippen molar-refractivity contribution in [3.63, 3.8) is 0 Å². The van der Waals surface area contributed by atoms with Crippen molar-refractivity contribution in [1.82, 2.24) is 15.2 Å². The van der Waals surface area contributed by atoms with Gasteiger partial charge < -0.3 is 14.6 Å². The van der Waals surface area contributed by atoms with Crippen LogP contribution in [0, 0.1) is 5.41 Å². The first-order valence-electron chi connectivity index (χ1n) is 11.4. The number of rotatable bonds is 6. The Hall–Kier alpha value is -1.85. The van der Waals surface area contributed by atoms with Crippen LogP contribution in [0.15, 0.2) is 10.7 Å². The fraction of sp³-hybridized carbons (Fsp3) is 0.783. The van der Waals surface area contributed by atoms with Gasteiger partial charge >= 0.3 is 0 Å². The lowest BCUT2D eigenvalue weighted by atomic mass is 9.89. The van der Waals surface area contributed by atoms with Gasteiger partial charge in [0.25, 0.3) is 5.91 Å². The SMILES string of the molecule is CC(C)(C)CC(=O)N(Cc1nc(C(=O)NC2CCCCC2)co1)C1CCCCC1. The van der Waals surface area contributed by atoms with E-state index in [1.54, 1.807) is 0 Å². The molecular weight excluding hydrogens is 366 g/mol. The molecule has 1 N–H and O–H groups in total. The quantitative estimate of drug-likeness (QED) is 0.738. The van der Waals surface area contributed by atoms with Gasteiger partial charge in [-0.25, -0.2) is 4.98 Å². The lowest BCUT2D eigenvalue weighted by Crippen LogP contribution is -2.42. The molecule has 0 unspecified atom stereocenters. The minimum atomic E-state index is -0.169. The Labute approximate surface area is 174 Å². The summed E-state index contributed by atoms with van der Waals surface area (Å²) in [6, 6.07) is 0.480. The van der Waals surface area contributed by atoms with Gasteiger partial charge in [0, 0.05) is 18.5 Å². The number of carbonyl (C=O) groups excluding carboxylic acids is 2. The Morgan fingerprint density at radius 3 is 2.31 bits per heavy atom. The molecule has 6 nitrogen and oxygen atoms in total. The van der Waals surface area contributed by atoms with Crippen LogP contribution in [-0.2, 0) is 11.3 Å². The molecule has 2 fully saturated rings. The predicted molar refractivity (Wildman–Crippen MR) is 112 cm³/mol. The van der Waals surface area contributed by atoms with Crippen molar-refractivity contribution in [3.8, 4) is 0 Å². The van der Waals surface area contributed by atoms with E-state index in [0.717, 1.165) is 38.5 Å². The van der Waals surface area contributed by atoms with Gasteiger partial charge in [0.2, 0.25) is 11.8 Å². The first kappa shape index (κ1) is 21.8. The molecule has 162 valence electrons. The van der Waals surface area contributed by atoms with Crippen molar-refractivity contribution in [2.75, 3.05) is 0 Å². The third-order valence-electron chi connectivity index (χ3n) is 6.05.